The molecular weight excluding hydrogens is 134 g/mol. The van der Waals surface area contributed by atoms with Crippen LogP contribution in [0.5, 0.6) is 0 Å². The van der Waals surface area contributed by atoms with Gasteiger partial charge in [-0.2, -0.15) is 0 Å². The topological polar surface area (TPSA) is 89.9 Å². The quantitative estimate of drug-likeness (QED) is 0.421. The highest BCUT2D eigenvalue weighted by Crippen LogP contribution is 1.89. The van der Waals surface area contributed by atoms with E-state index >= 15 is 0 Å². The maximum absolute atomic E-state index is 10.5. The largest absolute Gasteiger partial charge is 0.412 e. The predicted octanol–water partition coefficient (Wildman–Crippen LogP) is -1.85. The maximum Gasteiger partial charge on any atom is 0.314 e. The van der Waals surface area contributed by atoms with Crippen LogP contribution in [0.2, 0.25) is 0 Å². The molecule has 1 heterocycles. The molecule has 0 radical (unpaired) electrons. The summed E-state index contributed by atoms with van der Waals surface area (Å²) in [7, 11) is 0. The van der Waals surface area contributed by atoms with Gasteiger partial charge in [-0.1, -0.05) is 0 Å². The lowest BCUT2D eigenvalue weighted by molar-refractivity contribution is 0.200. The Morgan fingerprint density at radius 3 is 2.20 bits per heavy atom. The van der Waals surface area contributed by atoms with Crippen LogP contribution in [0.25, 0.3) is 0 Å². The first-order valence-electron chi connectivity index (χ1n) is 3.06. The Bertz CT molecular complexity index is 111. The van der Waals surface area contributed by atoms with Gasteiger partial charge in [0.05, 0.1) is 0 Å². The molecule has 5 N–H and O–H groups in total. The first-order valence-corrected chi connectivity index (χ1v) is 3.06. The number of carbonyl (C=O) groups excluding carboxylic acids is 1. The Balaban J connectivity index is 0.000000810. The third kappa shape index (κ3) is 2.20. The van der Waals surface area contributed by atoms with Crippen LogP contribution in [0.3, 0.4) is 0 Å². The number of nitrogens with zero attached hydrogens (tertiary/aromatic N) is 1. The fourth-order valence-corrected chi connectivity index (χ4v) is 0.885. The van der Waals surface area contributed by atoms with E-state index in [0.717, 1.165) is 26.2 Å². The molecule has 0 aromatic carbocycles. The summed E-state index contributed by atoms with van der Waals surface area (Å²) in [6.07, 6.45) is 0. The smallest absolute Gasteiger partial charge is 0.314 e. The van der Waals surface area contributed by atoms with Gasteiger partial charge in [-0.05, 0) is 0 Å². The second-order valence-electron chi connectivity index (χ2n) is 2.08. The normalized spacial score (nSPS) is 17.8. The number of primary amides is 1. The number of hydrogen-bond donors (Lipinski definition) is 2. The van der Waals surface area contributed by atoms with Crippen LogP contribution >= 0.6 is 0 Å². The lowest BCUT2D eigenvalue weighted by Crippen LogP contribution is -2.48. The molecule has 1 aliphatic rings. The summed E-state index contributed by atoms with van der Waals surface area (Å²) in [5, 5.41) is 3.12. The lowest BCUT2D eigenvalue weighted by Gasteiger charge is -2.25. The number of hydrogen-bond acceptors (Lipinski definition) is 2. The molecule has 1 saturated heterocycles. The van der Waals surface area contributed by atoms with E-state index in [0.29, 0.717) is 0 Å². The molecule has 0 spiro atoms. The van der Waals surface area contributed by atoms with Crippen molar-refractivity contribution in [3.8, 4) is 0 Å². The zero-order valence-corrected chi connectivity index (χ0v) is 5.76. The minimum atomic E-state index is -0.309. The zero-order chi connectivity index (χ0) is 6.69. The van der Waals surface area contributed by atoms with Crippen LogP contribution in [0.1, 0.15) is 0 Å². The summed E-state index contributed by atoms with van der Waals surface area (Å²) in [5.74, 6) is 0. The SMILES string of the molecule is NC(=O)N1CCNCC1.O. The highest BCUT2D eigenvalue weighted by molar-refractivity contribution is 5.72. The first-order chi connectivity index (χ1) is 4.30. The van der Waals surface area contributed by atoms with Crippen molar-refractivity contribution in [1.29, 1.82) is 0 Å². The average Bonchev–Trinajstić information content (AvgIpc) is 1.90. The van der Waals surface area contributed by atoms with Crippen molar-refractivity contribution in [2.45, 2.75) is 0 Å². The van der Waals surface area contributed by atoms with Crippen molar-refractivity contribution in [1.82, 2.24) is 10.2 Å². The van der Waals surface area contributed by atoms with Crippen molar-refractivity contribution in [2.24, 2.45) is 5.73 Å². The molecule has 0 aromatic rings. The second kappa shape index (κ2) is 4.08. The minimum Gasteiger partial charge on any atom is -0.412 e. The number of amides is 2. The number of carbonyl (C=O) groups is 1. The molecule has 5 nitrogen and oxygen atoms in total. The fraction of sp³-hybridized carbons (Fsp3) is 0.800. The van der Waals surface area contributed by atoms with Gasteiger partial charge in [0, 0.05) is 26.2 Å². The van der Waals surface area contributed by atoms with Gasteiger partial charge < -0.3 is 21.4 Å². The monoisotopic (exact) mass is 147 g/mol. The molecular formula is C5H13N3O2. The van der Waals surface area contributed by atoms with E-state index in [1.807, 2.05) is 0 Å². The Kier molecular flexibility index (Phi) is 3.75. The number of rotatable bonds is 0. The van der Waals surface area contributed by atoms with Gasteiger partial charge in [-0.25, -0.2) is 4.79 Å². The van der Waals surface area contributed by atoms with Gasteiger partial charge in [0.1, 0.15) is 0 Å². The number of nitrogens with one attached hydrogen (secondary N) is 1. The molecule has 0 aromatic heterocycles. The van der Waals surface area contributed by atoms with E-state index in [2.05, 4.69) is 5.32 Å². The van der Waals surface area contributed by atoms with Gasteiger partial charge >= 0.3 is 6.03 Å². The highest BCUT2D eigenvalue weighted by atomic mass is 16.2. The van der Waals surface area contributed by atoms with Crippen LogP contribution in [0.15, 0.2) is 0 Å². The van der Waals surface area contributed by atoms with Crippen molar-refractivity contribution < 1.29 is 10.3 Å². The molecule has 1 fully saturated rings. The predicted molar refractivity (Wildman–Crippen MR) is 37.6 cm³/mol. The van der Waals surface area contributed by atoms with Crippen LogP contribution in [0.4, 0.5) is 4.79 Å². The fourth-order valence-electron chi connectivity index (χ4n) is 0.885. The summed E-state index contributed by atoms with van der Waals surface area (Å²) in [6.45, 7) is 3.22. The molecule has 10 heavy (non-hydrogen) atoms. The van der Waals surface area contributed by atoms with Crippen LogP contribution < -0.4 is 11.1 Å². The zero-order valence-electron chi connectivity index (χ0n) is 5.76. The van der Waals surface area contributed by atoms with Crippen molar-refractivity contribution in [2.75, 3.05) is 26.2 Å². The van der Waals surface area contributed by atoms with Crippen LogP contribution in [0, 0.1) is 0 Å². The molecule has 0 aliphatic carbocycles. The minimum absolute atomic E-state index is 0. The molecule has 5 heteroatoms. The summed E-state index contributed by atoms with van der Waals surface area (Å²) in [4.78, 5) is 12.1. The Morgan fingerprint density at radius 1 is 1.40 bits per heavy atom. The van der Waals surface area contributed by atoms with Gasteiger partial charge in [-0.3, -0.25) is 0 Å². The van der Waals surface area contributed by atoms with E-state index in [-0.39, 0.29) is 11.5 Å². The molecule has 0 unspecified atom stereocenters. The molecule has 2 amide bonds. The standard InChI is InChI=1S/C5H11N3O.H2O/c6-5(9)8-3-1-7-2-4-8;/h7H,1-4H2,(H2,6,9);1H2. The van der Waals surface area contributed by atoms with Crippen molar-refractivity contribution >= 4 is 6.03 Å². The average molecular weight is 147 g/mol. The third-order valence-electron chi connectivity index (χ3n) is 1.43. The molecule has 0 saturated carbocycles. The molecule has 0 atom stereocenters. The van der Waals surface area contributed by atoms with Gasteiger partial charge in [0.15, 0.2) is 0 Å². The maximum atomic E-state index is 10.5. The van der Waals surface area contributed by atoms with Crippen LogP contribution in [-0.2, 0) is 0 Å². The number of piperazine rings is 1. The molecule has 0 bridgehead atoms. The van der Waals surface area contributed by atoms with Crippen LogP contribution in [-0.4, -0.2) is 42.6 Å². The van der Waals surface area contributed by atoms with Gasteiger partial charge in [0.25, 0.3) is 0 Å². The summed E-state index contributed by atoms with van der Waals surface area (Å²) >= 11 is 0. The van der Waals surface area contributed by atoms with E-state index in [9.17, 15) is 4.79 Å². The van der Waals surface area contributed by atoms with Crippen molar-refractivity contribution in [3.63, 3.8) is 0 Å². The summed E-state index contributed by atoms with van der Waals surface area (Å²) in [6, 6.07) is -0.309. The Hall–Kier alpha value is -0.810. The van der Waals surface area contributed by atoms with E-state index in [1.54, 1.807) is 4.90 Å². The summed E-state index contributed by atoms with van der Waals surface area (Å²) in [5.41, 5.74) is 5.03. The molecule has 1 aliphatic heterocycles. The molecule has 60 valence electrons. The number of nitrogens with two attached hydrogens (primary N) is 1. The highest BCUT2D eigenvalue weighted by Gasteiger charge is 2.11. The van der Waals surface area contributed by atoms with E-state index in [4.69, 9.17) is 5.73 Å². The second-order valence-corrected chi connectivity index (χ2v) is 2.08. The third-order valence-corrected chi connectivity index (χ3v) is 1.43. The van der Waals surface area contributed by atoms with Gasteiger partial charge in [-0.15, -0.1) is 0 Å². The Labute approximate surface area is 59.5 Å². The number of urea groups is 1. The summed E-state index contributed by atoms with van der Waals surface area (Å²) < 4.78 is 0. The first kappa shape index (κ1) is 9.19. The lowest BCUT2D eigenvalue weighted by atomic mass is 10.4. The van der Waals surface area contributed by atoms with E-state index < -0.39 is 0 Å². The van der Waals surface area contributed by atoms with Crippen molar-refractivity contribution in [3.05, 3.63) is 0 Å². The van der Waals surface area contributed by atoms with Gasteiger partial charge in [0.2, 0.25) is 0 Å². The van der Waals surface area contributed by atoms with E-state index in [1.165, 1.54) is 0 Å². The molecule has 1 rings (SSSR count). The Morgan fingerprint density at radius 2 is 1.90 bits per heavy atom.